The van der Waals surface area contributed by atoms with Crippen LogP contribution in [-0.2, 0) is 26.2 Å². The Labute approximate surface area is 496 Å². The predicted octanol–water partition coefficient (Wildman–Crippen LogP) is 11.3. The number of ether oxygens (including phenoxy) is 4. The third-order valence-electron chi connectivity index (χ3n) is 17.8. The van der Waals surface area contributed by atoms with Gasteiger partial charge in [0.25, 0.3) is 0 Å². The van der Waals surface area contributed by atoms with E-state index < -0.39 is 40.4 Å². The standard InChI is InChI=1S/C64H112N4O8Si5/c1-73-61-45-53(21-25-57(61)69)49-65-29-13-33-77(5,6)37-17-41-81(42-18-38-78(7,8)34-14-30-66-50-54-22-26-58(70)62(46-54)74-2,43-19-39-79(9,10)35-15-31-67-51-55-23-27-59(71)63(47-55)75-3)44-20-40-80(11,12)36-16-32-68-52-56-24-28-60(72)64(48-56)76-4/h21-28,45-48,65-72H,13-20,29-44,49-52H2,1-12H3/p+4. The van der Waals surface area contributed by atoms with Crippen molar-refractivity contribution in [3.8, 4) is 46.0 Å². The molecule has 4 aromatic rings. The Morgan fingerprint density at radius 3 is 0.691 bits per heavy atom. The fraction of sp³-hybridized carbons (Fsp3) is 0.625. The molecule has 12 nitrogen and oxygen atoms in total. The van der Waals surface area contributed by atoms with Crippen molar-refractivity contribution >= 4 is 40.4 Å². The second kappa shape index (κ2) is 35.5. The van der Waals surface area contributed by atoms with E-state index in [4.69, 9.17) is 18.9 Å². The monoisotopic (exact) mass is 1210 g/mol. The minimum absolute atomic E-state index is 0.201. The number of quaternary nitrogens is 4. The number of phenols is 4. The van der Waals surface area contributed by atoms with Crippen LogP contribution in [0.1, 0.15) is 73.6 Å². The zero-order chi connectivity index (χ0) is 59.4. The van der Waals surface area contributed by atoms with E-state index in [-0.39, 0.29) is 23.0 Å². The van der Waals surface area contributed by atoms with Crippen molar-refractivity contribution in [2.24, 2.45) is 0 Å². The van der Waals surface area contributed by atoms with Crippen LogP contribution in [0.25, 0.3) is 0 Å². The van der Waals surface area contributed by atoms with Gasteiger partial charge in [-0.25, -0.2) is 0 Å². The highest BCUT2D eigenvalue weighted by molar-refractivity contribution is 6.82. The van der Waals surface area contributed by atoms with Gasteiger partial charge in [-0.05, 0) is 98.5 Å². The van der Waals surface area contributed by atoms with Crippen molar-refractivity contribution in [1.82, 2.24) is 0 Å². The van der Waals surface area contributed by atoms with Crippen LogP contribution in [-0.4, -0.2) is 115 Å². The molecule has 0 aromatic heterocycles. The first-order valence-corrected chi connectivity index (χ1v) is 47.7. The summed E-state index contributed by atoms with van der Waals surface area (Å²) >= 11 is 0. The SMILES string of the molecule is COc1cc(C[NH2+]CCC[Si](C)(C)CCC[Si](CCC[Si](C)(C)CCC[NH2+]Cc2ccc(O)c(OC)c2)(CCC[Si](C)(C)CCC[NH2+]Cc2ccc(O)c(OC)c2)CCC[Si](C)(C)CCC[NH2+]Cc2ccc(O)c(OC)c2)ccc1O. The van der Waals surface area contributed by atoms with Gasteiger partial charge in [-0.2, -0.15) is 0 Å². The summed E-state index contributed by atoms with van der Waals surface area (Å²) in [7, 11) is -0.674. The summed E-state index contributed by atoms with van der Waals surface area (Å²) in [5.74, 6) is 3.02. The molecule has 17 heteroatoms. The number of hydrogen-bond acceptors (Lipinski definition) is 8. The average Bonchev–Trinajstić information content (AvgIpc) is 3.42. The van der Waals surface area contributed by atoms with Crippen LogP contribution in [0, 0.1) is 0 Å². The van der Waals surface area contributed by atoms with Gasteiger partial charge < -0.3 is 60.6 Å². The van der Waals surface area contributed by atoms with Gasteiger partial charge in [-0.1, -0.05) is 151 Å². The molecule has 81 heavy (non-hydrogen) atoms. The van der Waals surface area contributed by atoms with Crippen LogP contribution < -0.4 is 40.2 Å². The second-order valence-corrected chi connectivity index (χ2v) is 53.4. The molecule has 0 amide bonds. The molecule has 0 fully saturated rings. The minimum atomic E-state index is -1.62. The number of methoxy groups -OCH3 is 4. The van der Waals surface area contributed by atoms with Gasteiger partial charge in [-0.15, -0.1) is 0 Å². The molecule has 0 aliphatic rings. The molecule has 0 bridgehead atoms. The largest absolute Gasteiger partial charge is 0.504 e. The van der Waals surface area contributed by atoms with Crippen molar-refractivity contribution in [2.45, 2.75) is 202 Å². The molecule has 4 rings (SSSR count). The van der Waals surface area contributed by atoms with Crippen molar-refractivity contribution in [2.75, 3.05) is 54.6 Å². The first-order chi connectivity index (χ1) is 38.5. The van der Waals surface area contributed by atoms with Gasteiger partial charge in [0.05, 0.1) is 62.7 Å². The summed E-state index contributed by atoms with van der Waals surface area (Å²) in [6.45, 7) is 29.6. The maximum absolute atomic E-state index is 10.1. The number of nitrogens with two attached hydrogens (primary N) is 4. The van der Waals surface area contributed by atoms with Gasteiger partial charge >= 0.3 is 0 Å². The van der Waals surface area contributed by atoms with E-state index in [1.807, 2.05) is 48.5 Å². The quantitative estimate of drug-likeness (QED) is 0.0159. The summed E-state index contributed by atoms with van der Waals surface area (Å²) in [5, 5.41) is 50.1. The number of rotatable bonds is 44. The normalized spacial score (nSPS) is 12.5. The van der Waals surface area contributed by atoms with E-state index in [1.54, 1.807) is 52.7 Å². The van der Waals surface area contributed by atoms with Gasteiger partial charge in [-0.3, -0.25) is 0 Å². The lowest BCUT2D eigenvalue weighted by Crippen LogP contribution is -2.82. The Balaban J connectivity index is 1.42. The molecule has 4 aromatic carbocycles. The molecular weight excluding hydrogens is 1090 g/mol. The smallest absolute Gasteiger partial charge is 0.160 e. The average molecular weight is 1210 g/mol. The van der Waals surface area contributed by atoms with Crippen molar-refractivity contribution in [3.63, 3.8) is 0 Å². The Bertz CT molecular complexity index is 2100. The van der Waals surface area contributed by atoms with Crippen LogP contribution >= 0.6 is 0 Å². The van der Waals surface area contributed by atoms with E-state index in [2.05, 4.69) is 73.6 Å². The third kappa shape index (κ3) is 27.2. The predicted molar refractivity (Wildman–Crippen MR) is 351 cm³/mol. The third-order valence-corrected chi connectivity index (χ3v) is 37.1. The lowest BCUT2D eigenvalue weighted by atomic mass is 10.2. The molecule has 0 unspecified atom stereocenters. The van der Waals surface area contributed by atoms with E-state index in [0.29, 0.717) is 23.0 Å². The van der Waals surface area contributed by atoms with Crippen molar-refractivity contribution < 1.29 is 60.6 Å². The molecule has 0 radical (unpaired) electrons. The summed E-state index contributed by atoms with van der Waals surface area (Å²) in [5.41, 5.74) is 4.77. The zero-order valence-electron chi connectivity index (χ0n) is 53.0. The van der Waals surface area contributed by atoms with Gasteiger partial charge in [0.15, 0.2) is 46.0 Å². The first-order valence-electron chi connectivity index (χ1n) is 31.2. The number of benzene rings is 4. The Kier molecular flexibility index (Phi) is 30.5. The van der Waals surface area contributed by atoms with Gasteiger partial charge in [0, 0.05) is 54.5 Å². The highest BCUT2D eigenvalue weighted by Crippen LogP contribution is 2.39. The topological polar surface area (TPSA) is 184 Å². The molecule has 0 saturated heterocycles. The highest BCUT2D eigenvalue weighted by Gasteiger charge is 2.35. The molecule has 0 atom stereocenters. The summed E-state index contributed by atoms with van der Waals surface area (Å²) in [6.07, 6.45) is 10.8. The Morgan fingerprint density at radius 1 is 0.296 bits per heavy atom. The summed E-state index contributed by atoms with van der Waals surface area (Å²) in [4.78, 5) is 0. The number of aromatic hydroxyl groups is 4. The van der Waals surface area contributed by atoms with E-state index in [1.165, 1.54) is 146 Å². The molecule has 0 heterocycles. The molecule has 0 aliphatic carbocycles. The van der Waals surface area contributed by atoms with Gasteiger partial charge in [0.2, 0.25) is 0 Å². The Hall–Kier alpha value is -3.80. The fourth-order valence-electron chi connectivity index (χ4n) is 12.4. The van der Waals surface area contributed by atoms with Crippen LogP contribution in [0.15, 0.2) is 72.8 Å². The number of hydrogen-bond donors (Lipinski definition) is 8. The molecular formula is C64H116N4O8Si5+4. The highest BCUT2D eigenvalue weighted by atomic mass is 28.3. The lowest BCUT2D eigenvalue weighted by molar-refractivity contribution is -0.670. The summed E-state index contributed by atoms with van der Waals surface area (Å²) in [6, 6.07) is 40.4. The van der Waals surface area contributed by atoms with Crippen LogP contribution in [0.4, 0.5) is 0 Å². The van der Waals surface area contributed by atoms with Crippen molar-refractivity contribution in [1.29, 1.82) is 0 Å². The summed E-state index contributed by atoms with van der Waals surface area (Å²) < 4.78 is 21.5. The van der Waals surface area contributed by atoms with Crippen LogP contribution in [0.3, 0.4) is 0 Å². The molecule has 12 N–H and O–H groups in total. The second-order valence-electron chi connectivity index (χ2n) is 27.1. The van der Waals surface area contributed by atoms with E-state index >= 15 is 0 Å². The van der Waals surface area contributed by atoms with Crippen LogP contribution in [0.2, 0.25) is 125 Å². The zero-order valence-corrected chi connectivity index (χ0v) is 58.0. The Morgan fingerprint density at radius 2 is 0.494 bits per heavy atom. The molecule has 0 spiro atoms. The molecule has 0 saturated carbocycles. The van der Waals surface area contributed by atoms with Crippen molar-refractivity contribution in [3.05, 3.63) is 95.1 Å². The van der Waals surface area contributed by atoms with Gasteiger partial charge in [0.1, 0.15) is 26.2 Å². The fourth-order valence-corrected chi connectivity index (χ4v) is 29.2. The number of phenolic OH excluding ortho intramolecular Hbond substituents is 4. The lowest BCUT2D eigenvalue weighted by Gasteiger charge is -2.36. The molecule has 456 valence electrons. The first kappa shape index (κ1) is 69.7. The molecule has 0 aliphatic heterocycles. The van der Waals surface area contributed by atoms with E-state index in [0.717, 1.165) is 52.4 Å². The maximum Gasteiger partial charge on any atom is 0.160 e. The van der Waals surface area contributed by atoms with E-state index in [9.17, 15) is 20.4 Å². The minimum Gasteiger partial charge on any atom is -0.504 e. The maximum atomic E-state index is 10.1. The van der Waals surface area contributed by atoms with Crippen LogP contribution in [0.5, 0.6) is 46.0 Å².